The van der Waals surface area contributed by atoms with E-state index in [0.717, 1.165) is 49.8 Å². The molecule has 1 atom stereocenters. The highest BCUT2D eigenvalue weighted by atomic mass is 32.2. The average molecular weight is 566 g/mol. The smallest absolute Gasteiger partial charge is 0.278 e. The van der Waals surface area contributed by atoms with E-state index in [1.54, 1.807) is 6.92 Å². The van der Waals surface area contributed by atoms with E-state index < -0.39 is 9.84 Å². The fourth-order valence-electron chi connectivity index (χ4n) is 5.43. The van der Waals surface area contributed by atoms with Crippen LogP contribution in [-0.2, 0) is 21.1 Å². The number of carbonyl (C=O) groups is 2. The van der Waals surface area contributed by atoms with Crippen molar-refractivity contribution in [1.82, 2.24) is 20.3 Å². The number of nitrogens with zero attached hydrogens (tertiary/aromatic N) is 3. The number of nitrogens with one attached hydrogen (secondary N) is 2. The van der Waals surface area contributed by atoms with E-state index in [1.165, 1.54) is 11.1 Å². The average Bonchev–Trinajstić information content (AvgIpc) is 3.55. The second-order valence-corrected chi connectivity index (χ2v) is 13.3. The molecule has 1 aliphatic carbocycles. The molecule has 40 heavy (non-hydrogen) atoms. The van der Waals surface area contributed by atoms with E-state index in [-0.39, 0.29) is 34.7 Å². The van der Waals surface area contributed by atoms with Crippen LogP contribution in [0.1, 0.15) is 73.6 Å². The molecule has 2 amide bonds. The first kappa shape index (κ1) is 29.5. The minimum absolute atomic E-state index is 0.0582. The van der Waals surface area contributed by atoms with Crippen molar-refractivity contribution in [2.24, 2.45) is 5.41 Å². The predicted octanol–water partition coefficient (Wildman–Crippen LogP) is 4.65. The highest BCUT2D eigenvalue weighted by Gasteiger charge is 2.40. The number of hydrogen-bond acceptors (Lipinski definition) is 6. The van der Waals surface area contributed by atoms with E-state index in [0.29, 0.717) is 24.2 Å². The molecule has 0 spiro atoms. The van der Waals surface area contributed by atoms with Crippen molar-refractivity contribution in [3.05, 3.63) is 71.5 Å². The Morgan fingerprint density at radius 2 is 1.68 bits per heavy atom. The minimum Gasteiger partial charge on any atom is -0.353 e. The Morgan fingerprint density at radius 1 is 1.00 bits per heavy atom. The van der Waals surface area contributed by atoms with Crippen molar-refractivity contribution in [2.45, 2.75) is 71.3 Å². The molecule has 0 bridgehead atoms. The van der Waals surface area contributed by atoms with Gasteiger partial charge in [-0.1, -0.05) is 49.6 Å². The Bertz CT molecular complexity index is 1410. The molecule has 1 aromatic heterocycles. The molecule has 1 aliphatic rings. The second kappa shape index (κ2) is 12.8. The molecule has 1 fully saturated rings. The number of anilines is 1. The first-order valence-corrected chi connectivity index (χ1v) is 16.0. The Morgan fingerprint density at radius 3 is 2.33 bits per heavy atom. The van der Waals surface area contributed by atoms with Gasteiger partial charge in [-0.05, 0) is 75.8 Å². The zero-order valence-corrected chi connectivity index (χ0v) is 24.3. The summed E-state index contributed by atoms with van der Waals surface area (Å²) in [5.41, 5.74) is 2.89. The maximum Gasteiger partial charge on any atom is 0.278 e. The first-order chi connectivity index (χ1) is 19.0. The van der Waals surface area contributed by atoms with Gasteiger partial charge in [-0.25, -0.2) is 8.42 Å². The van der Waals surface area contributed by atoms with Gasteiger partial charge in [0.25, 0.3) is 5.91 Å². The summed E-state index contributed by atoms with van der Waals surface area (Å²) in [5, 5.41) is 14.8. The number of aryl methyl sites for hydroxylation is 1. The van der Waals surface area contributed by atoms with Crippen LogP contribution in [0, 0.1) is 12.3 Å². The van der Waals surface area contributed by atoms with Crippen molar-refractivity contribution >= 4 is 27.3 Å². The van der Waals surface area contributed by atoms with E-state index in [2.05, 4.69) is 20.8 Å². The number of hydrogen-bond donors (Lipinski definition) is 2. The number of para-hydroxylation sites is 1. The monoisotopic (exact) mass is 565 g/mol. The van der Waals surface area contributed by atoms with Crippen LogP contribution in [0.5, 0.6) is 0 Å². The summed E-state index contributed by atoms with van der Waals surface area (Å²) in [6.45, 7) is 3.75. The number of amides is 2. The van der Waals surface area contributed by atoms with Crippen molar-refractivity contribution in [3.63, 3.8) is 0 Å². The summed E-state index contributed by atoms with van der Waals surface area (Å²) >= 11 is 0. The summed E-state index contributed by atoms with van der Waals surface area (Å²) in [7, 11) is -2.98. The van der Waals surface area contributed by atoms with Gasteiger partial charge in [-0.15, -0.1) is 5.10 Å². The Balaban J connectivity index is 1.30. The highest BCUT2D eigenvalue weighted by molar-refractivity contribution is 7.90. The van der Waals surface area contributed by atoms with E-state index in [1.807, 2.05) is 61.5 Å². The Hall–Kier alpha value is -3.53. The lowest BCUT2D eigenvalue weighted by atomic mass is 9.80. The number of benzene rings is 2. The van der Waals surface area contributed by atoms with Crippen molar-refractivity contribution in [3.8, 4) is 5.69 Å². The van der Waals surface area contributed by atoms with E-state index in [4.69, 9.17) is 0 Å². The van der Waals surface area contributed by atoms with Crippen LogP contribution in [0.4, 0.5) is 5.69 Å². The lowest BCUT2D eigenvalue weighted by Crippen LogP contribution is -2.44. The summed E-state index contributed by atoms with van der Waals surface area (Å²) in [6.07, 6.45) is 7.76. The predicted molar refractivity (Wildman–Crippen MR) is 156 cm³/mol. The fraction of sp³-hybridized carbons (Fsp3) is 0.467. The highest BCUT2D eigenvalue weighted by Crippen LogP contribution is 2.42. The molecule has 1 saturated carbocycles. The molecule has 2 aromatic carbocycles. The van der Waals surface area contributed by atoms with Crippen LogP contribution in [-0.4, -0.2) is 53.3 Å². The van der Waals surface area contributed by atoms with Crippen LogP contribution >= 0.6 is 0 Å². The van der Waals surface area contributed by atoms with Gasteiger partial charge in [0.15, 0.2) is 5.69 Å². The van der Waals surface area contributed by atoms with Gasteiger partial charge >= 0.3 is 0 Å². The number of sulfone groups is 1. The molecule has 10 heteroatoms. The van der Waals surface area contributed by atoms with Crippen LogP contribution in [0.15, 0.2) is 54.6 Å². The molecule has 1 heterocycles. The van der Waals surface area contributed by atoms with Gasteiger partial charge < -0.3 is 10.6 Å². The molecule has 0 unspecified atom stereocenters. The molecule has 3 aromatic rings. The maximum atomic E-state index is 13.3. The molecule has 214 valence electrons. The zero-order valence-electron chi connectivity index (χ0n) is 23.5. The van der Waals surface area contributed by atoms with Gasteiger partial charge in [-0.2, -0.15) is 9.90 Å². The Kier molecular flexibility index (Phi) is 9.40. The van der Waals surface area contributed by atoms with Crippen LogP contribution in [0.25, 0.3) is 5.69 Å². The maximum absolute atomic E-state index is 13.3. The molecule has 0 radical (unpaired) electrons. The second-order valence-electron chi connectivity index (χ2n) is 11.1. The normalized spacial score (nSPS) is 15.5. The summed E-state index contributed by atoms with van der Waals surface area (Å²) in [6, 6.07) is 17.0. The minimum atomic E-state index is -2.98. The fourth-order valence-corrected chi connectivity index (χ4v) is 6.16. The molecular weight excluding hydrogens is 526 g/mol. The SMILES string of the molecule is Cc1nn(-c2ccccc2)nc1C(=O)Nc1ccc(C[C@@H](C)NC(=O)C2(CCCCS(C)(=O)=O)CCCC2)cc1. The van der Waals surface area contributed by atoms with E-state index in [9.17, 15) is 18.0 Å². The third kappa shape index (κ3) is 7.78. The lowest BCUT2D eigenvalue weighted by Gasteiger charge is -2.29. The third-order valence-electron chi connectivity index (χ3n) is 7.58. The van der Waals surface area contributed by atoms with Crippen molar-refractivity contribution < 1.29 is 18.0 Å². The van der Waals surface area contributed by atoms with Crippen LogP contribution in [0.2, 0.25) is 0 Å². The van der Waals surface area contributed by atoms with Crippen molar-refractivity contribution in [1.29, 1.82) is 0 Å². The number of aromatic nitrogens is 3. The number of rotatable bonds is 12. The summed E-state index contributed by atoms with van der Waals surface area (Å²) in [4.78, 5) is 27.6. The van der Waals surface area contributed by atoms with Gasteiger partial charge in [0, 0.05) is 29.2 Å². The van der Waals surface area contributed by atoms with Gasteiger partial charge in [0.1, 0.15) is 9.84 Å². The van der Waals surface area contributed by atoms with Crippen LogP contribution < -0.4 is 10.6 Å². The van der Waals surface area contributed by atoms with Gasteiger partial charge in [0.05, 0.1) is 11.4 Å². The number of unbranched alkanes of at least 4 members (excludes halogenated alkanes) is 1. The molecule has 0 aliphatic heterocycles. The quantitative estimate of drug-likeness (QED) is 0.308. The van der Waals surface area contributed by atoms with Gasteiger partial charge in [0.2, 0.25) is 5.91 Å². The largest absolute Gasteiger partial charge is 0.353 e. The summed E-state index contributed by atoms with van der Waals surface area (Å²) in [5.74, 6) is -0.0727. The first-order valence-electron chi connectivity index (χ1n) is 13.9. The Labute approximate surface area is 236 Å². The standard InChI is InChI=1S/C30H39N5O4S/c1-22(31-29(37)30(17-7-8-18-30)19-9-10-20-40(3,38)39)21-24-13-15-25(16-14-24)32-28(36)27-23(2)33-35(34-27)26-11-5-4-6-12-26/h4-6,11-16,22H,7-10,17-21H2,1-3H3,(H,31,37)(H,32,36)/t22-/m1/s1. The molecule has 9 nitrogen and oxygen atoms in total. The van der Waals surface area contributed by atoms with E-state index >= 15 is 0 Å². The lowest BCUT2D eigenvalue weighted by molar-refractivity contribution is -0.132. The molecule has 4 rings (SSSR count). The van der Waals surface area contributed by atoms with Crippen molar-refractivity contribution in [2.75, 3.05) is 17.3 Å². The van der Waals surface area contributed by atoms with Crippen LogP contribution in [0.3, 0.4) is 0 Å². The van der Waals surface area contributed by atoms with Gasteiger partial charge in [-0.3, -0.25) is 9.59 Å². The molecular formula is C30H39N5O4S. The number of carbonyl (C=O) groups excluding carboxylic acids is 2. The third-order valence-corrected chi connectivity index (χ3v) is 8.61. The molecule has 0 saturated heterocycles. The topological polar surface area (TPSA) is 123 Å². The summed E-state index contributed by atoms with van der Waals surface area (Å²) < 4.78 is 22.9. The molecule has 2 N–H and O–H groups in total. The zero-order chi connectivity index (χ0) is 28.8.